The van der Waals surface area contributed by atoms with Gasteiger partial charge in [0, 0.05) is 37.8 Å². The van der Waals surface area contributed by atoms with E-state index in [-0.39, 0.29) is 16.8 Å². The van der Waals surface area contributed by atoms with Gasteiger partial charge < -0.3 is 4.90 Å². The lowest BCUT2D eigenvalue weighted by Crippen LogP contribution is -2.39. The molecule has 126 valence electrons. The lowest BCUT2D eigenvalue weighted by Gasteiger charge is -2.24. The van der Waals surface area contributed by atoms with Crippen LogP contribution < -0.4 is 0 Å². The second kappa shape index (κ2) is 6.33. The predicted octanol–water partition coefficient (Wildman–Crippen LogP) is 1.64. The Bertz CT molecular complexity index is 890. The van der Waals surface area contributed by atoms with Crippen molar-refractivity contribution in [2.24, 2.45) is 0 Å². The Morgan fingerprint density at radius 2 is 2.12 bits per heavy atom. The third kappa shape index (κ3) is 2.81. The van der Waals surface area contributed by atoms with Crippen LogP contribution in [-0.2, 0) is 14.8 Å². The minimum absolute atomic E-state index is 0.171. The van der Waals surface area contributed by atoms with Crippen LogP contribution in [0, 0.1) is 0 Å². The summed E-state index contributed by atoms with van der Waals surface area (Å²) in [6, 6.07) is 8.48. The van der Waals surface area contributed by atoms with E-state index in [0.29, 0.717) is 25.0 Å². The van der Waals surface area contributed by atoms with E-state index in [1.165, 1.54) is 10.4 Å². The van der Waals surface area contributed by atoms with Crippen LogP contribution in [0.4, 0.5) is 0 Å². The summed E-state index contributed by atoms with van der Waals surface area (Å²) in [5.74, 6) is -0.171. The molecule has 1 aliphatic rings. The molecule has 1 amide bonds. The van der Waals surface area contributed by atoms with Crippen LogP contribution in [-0.4, -0.2) is 54.7 Å². The van der Waals surface area contributed by atoms with Crippen LogP contribution in [0.1, 0.15) is 6.42 Å². The van der Waals surface area contributed by atoms with Crippen LogP contribution in [0.3, 0.4) is 0 Å². The van der Waals surface area contributed by atoms with E-state index in [0.717, 1.165) is 5.39 Å². The molecule has 6 nitrogen and oxygen atoms in total. The predicted molar refractivity (Wildman–Crippen MR) is 91.9 cm³/mol. The molecular formula is C17H19N3O3S. The standard InChI is InChI=1S/C17H19N3O3S/c1-3-16(21)20-11-9-14(12-20)19(2)24(22,23)15-8-4-6-13-7-5-10-18-17(13)15/h3-8,10,14H,1,9,11-12H2,2H3/t14-/m1/s1. The van der Waals surface area contributed by atoms with Crippen LogP contribution in [0.2, 0.25) is 0 Å². The number of hydrogen-bond donors (Lipinski definition) is 0. The first-order chi connectivity index (χ1) is 11.4. The van der Waals surface area contributed by atoms with Gasteiger partial charge in [0.25, 0.3) is 0 Å². The normalized spacial score (nSPS) is 18.2. The number of para-hydroxylation sites is 1. The Morgan fingerprint density at radius 1 is 1.38 bits per heavy atom. The van der Waals surface area contributed by atoms with Crippen molar-refractivity contribution in [2.45, 2.75) is 17.4 Å². The number of nitrogens with zero attached hydrogens (tertiary/aromatic N) is 3. The first-order valence-corrected chi connectivity index (χ1v) is 9.12. The zero-order valence-electron chi connectivity index (χ0n) is 13.4. The van der Waals surface area contributed by atoms with E-state index in [9.17, 15) is 13.2 Å². The van der Waals surface area contributed by atoms with Crippen LogP contribution in [0.15, 0.2) is 54.1 Å². The maximum atomic E-state index is 13.0. The molecule has 2 aromatic rings. The van der Waals surface area contributed by atoms with Gasteiger partial charge in [0.1, 0.15) is 4.90 Å². The fraction of sp³-hybridized carbons (Fsp3) is 0.294. The van der Waals surface area contributed by atoms with Gasteiger partial charge in [0.15, 0.2) is 0 Å². The summed E-state index contributed by atoms with van der Waals surface area (Å²) in [4.78, 5) is 17.7. The Kier molecular flexibility index (Phi) is 4.38. The Morgan fingerprint density at radius 3 is 2.88 bits per heavy atom. The van der Waals surface area contributed by atoms with E-state index in [1.54, 1.807) is 36.3 Å². The van der Waals surface area contributed by atoms with Gasteiger partial charge in [-0.05, 0) is 24.6 Å². The largest absolute Gasteiger partial charge is 0.338 e. The van der Waals surface area contributed by atoms with Crippen molar-refractivity contribution < 1.29 is 13.2 Å². The van der Waals surface area contributed by atoms with Gasteiger partial charge >= 0.3 is 0 Å². The van der Waals surface area contributed by atoms with Crippen molar-refractivity contribution in [2.75, 3.05) is 20.1 Å². The summed E-state index contributed by atoms with van der Waals surface area (Å²) in [5.41, 5.74) is 0.462. The van der Waals surface area contributed by atoms with Crippen LogP contribution >= 0.6 is 0 Å². The summed E-state index contributed by atoms with van der Waals surface area (Å²) in [6.07, 6.45) is 3.44. The molecule has 0 spiro atoms. The molecule has 1 atom stereocenters. The lowest BCUT2D eigenvalue weighted by atomic mass is 10.2. The van der Waals surface area contributed by atoms with Crippen molar-refractivity contribution >= 4 is 26.8 Å². The van der Waals surface area contributed by atoms with E-state index in [2.05, 4.69) is 11.6 Å². The van der Waals surface area contributed by atoms with Crippen LogP contribution in [0.25, 0.3) is 10.9 Å². The second-order valence-electron chi connectivity index (χ2n) is 5.78. The van der Waals surface area contributed by atoms with Crippen molar-refractivity contribution in [3.63, 3.8) is 0 Å². The fourth-order valence-corrected chi connectivity index (χ4v) is 4.54. The summed E-state index contributed by atoms with van der Waals surface area (Å²) < 4.78 is 27.4. The molecule has 0 radical (unpaired) electrons. The molecule has 24 heavy (non-hydrogen) atoms. The molecule has 2 heterocycles. The summed E-state index contributed by atoms with van der Waals surface area (Å²) in [6.45, 7) is 4.38. The quantitative estimate of drug-likeness (QED) is 0.790. The number of hydrogen-bond acceptors (Lipinski definition) is 4. The third-order valence-corrected chi connectivity index (χ3v) is 6.36. The Labute approximate surface area is 141 Å². The molecule has 1 aromatic heterocycles. The van der Waals surface area contributed by atoms with Crippen molar-refractivity contribution in [3.05, 3.63) is 49.2 Å². The molecule has 0 bridgehead atoms. The summed E-state index contributed by atoms with van der Waals surface area (Å²) in [7, 11) is -2.14. The van der Waals surface area contributed by atoms with Crippen molar-refractivity contribution in [3.8, 4) is 0 Å². The molecular weight excluding hydrogens is 326 g/mol. The molecule has 1 aliphatic heterocycles. The number of aromatic nitrogens is 1. The minimum atomic E-state index is -3.70. The maximum Gasteiger partial charge on any atom is 0.246 e. The number of pyridine rings is 1. The van der Waals surface area contributed by atoms with E-state index < -0.39 is 10.0 Å². The molecule has 1 saturated heterocycles. The average molecular weight is 345 g/mol. The third-order valence-electron chi connectivity index (χ3n) is 4.42. The second-order valence-corrected chi connectivity index (χ2v) is 7.75. The number of likely N-dealkylation sites (N-methyl/N-ethyl adjacent to an activating group) is 1. The van der Waals surface area contributed by atoms with E-state index in [1.807, 2.05) is 12.1 Å². The Hall–Kier alpha value is -2.25. The molecule has 0 N–H and O–H groups in total. The monoisotopic (exact) mass is 345 g/mol. The fourth-order valence-electron chi connectivity index (χ4n) is 3.00. The smallest absolute Gasteiger partial charge is 0.246 e. The summed E-state index contributed by atoms with van der Waals surface area (Å²) >= 11 is 0. The van der Waals surface area contributed by atoms with Gasteiger partial charge in [-0.25, -0.2) is 8.42 Å². The first-order valence-electron chi connectivity index (χ1n) is 7.68. The lowest BCUT2D eigenvalue weighted by molar-refractivity contribution is -0.125. The molecule has 0 unspecified atom stereocenters. The highest BCUT2D eigenvalue weighted by atomic mass is 32.2. The number of carbonyl (C=O) groups excluding carboxylic acids is 1. The number of likely N-dealkylation sites (tertiary alicyclic amines) is 1. The number of rotatable bonds is 4. The highest BCUT2D eigenvalue weighted by Crippen LogP contribution is 2.26. The van der Waals surface area contributed by atoms with E-state index in [4.69, 9.17) is 0 Å². The van der Waals surface area contributed by atoms with Gasteiger partial charge in [-0.2, -0.15) is 4.31 Å². The minimum Gasteiger partial charge on any atom is -0.338 e. The topological polar surface area (TPSA) is 70.6 Å². The van der Waals surface area contributed by atoms with Gasteiger partial charge in [0.2, 0.25) is 15.9 Å². The molecule has 1 aromatic carbocycles. The zero-order chi connectivity index (χ0) is 17.3. The van der Waals surface area contributed by atoms with E-state index >= 15 is 0 Å². The first kappa shape index (κ1) is 16.6. The number of amides is 1. The average Bonchev–Trinajstić information content (AvgIpc) is 3.09. The SMILES string of the molecule is C=CC(=O)N1CC[C@@H](N(C)S(=O)(=O)c2cccc3cccnc23)C1. The number of benzene rings is 1. The van der Waals surface area contributed by atoms with Crippen molar-refractivity contribution in [1.82, 2.24) is 14.2 Å². The molecule has 3 rings (SSSR count). The number of fused-ring (bicyclic) bond motifs is 1. The van der Waals surface area contributed by atoms with Gasteiger partial charge in [-0.3, -0.25) is 9.78 Å². The van der Waals surface area contributed by atoms with Gasteiger partial charge in [-0.15, -0.1) is 0 Å². The molecule has 1 fully saturated rings. The van der Waals surface area contributed by atoms with Crippen LogP contribution in [0.5, 0.6) is 0 Å². The van der Waals surface area contributed by atoms with Gasteiger partial charge in [0.05, 0.1) is 5.52 Å². The number of sulfonamides is 1. The van der Waals surface area contributed by atoms with Crippen molar-refractivity contribution in [1.29, 1.82) is 0 Å². The maximum absolute atomic E-state index is 13.0. The highest BCUT2D eigenvalue weighted by Gasteiger charge is 2.35. The summed E-state index contributed by atoms with van der Waals surface area (Å²) in [5, 5.41) is 0.779. The number of carbonyl (C=O) groups is 1. The molecule has 0 saturated carbocycles. The Balaban J connectivity index is 1.93. The highest BCUT2D eigenvalue weighted by molar-refractivity contribution is 7.89. The molecule has 0 aliphatic carbocycles. The zero-order valence-corrected chi connectivity index (χ0v) is 14.2. The van der Waals surface area contributed by atoms with Gasteiger partial charge in [-0.1, -0.05) is 24.8 Å². The molecule has 7 heteroatoms.